The van der Waals surface area contributed by atoms with Crippen LogP contribution in [0.25, 0.3) is 10.9 Å². The largest absolute Gasteiger partial charge is 0.452 e. The molecule has 0 bridgehead atoms. The van der Waals surface area contributed by atoms with Gasteiger partial charge in [-0.3, -0.25) is 24.1 Å². The second kappa shape index (κ2) is 10.3. The average molecular weight is 514 g/mol. The molecule has 38 heavy (non-hydrogen) atoms. The maximum Gasteiger partial charge on any atom is 0.339 e. The highest BCUT2D eigenvalue weighted by Gasteiger charge is 2.26. The number of hydrogen-bond acceptors (Lipinski definition) is 7. The Hall–Kier alpha value is -4.73. The summed E-state index contributed by atoms with van der Waals surface area (Å²) in [6, 6.07) is 16.4. The number of nitrogen functional groups attached to an aromatic ring is 1. The summed E-state index contributed by atoms with van der Waals surface area (Å²) in [5, 5.41) is 0.674. The fourth-order valence-electron chi connectivity index (χ4n) is 4.85. The number of hydrogen-bond donors (Lipinski definition) is 2. The van der Waals surface area contributed by atoms with Crippen molar-refractivity contribution in [2.45, 2.75) is 32.2 Å². The Balaban J connectivity index is 1.39. The number of nitrogens with one attached hydrogen (secondary N) is 1. The number of aromatic amines is 1. The molecule has 0 fully saturated rings. The zero-order valence-electron chi connectivity index (χ0n) is 20.9. The topological polar surface area (TPSA) is 140 Å². The van der Waals surface area contributed by atoms with Gasteiger partial charge in [-0.15, -0.1) is 0 Å². The maximum atomic E-state index is 13.3. The summed E-state index contributed by atoms with van der Waals surface area (Å²) < 4.78 is 6.63. The van der Waals surface area contributed by atoms with Crippen molar-refractivity contribution in [2.75, 3.05) is 24.3 Å². The number of ether oxygens (including phenoxy) is 1. The number of nitrogens with zero attached hydrogens (tertiary/aromatic N) is 3. The van der Waals surface area contributed by atoms with Crippen molar-refractivity contribution >= 4 is 34.3 Å². The quantitative estimate of drug-likeness (QED) is 0.377. The van der Waals surface area contributed by atoms with Crippen LogP contribution < -0.4 is 21.9 Å². The number of benzene rings is 2. The molecule has 1 amide bonds. The van der Waals surface area contributed by atoms with Gasteiger partial charge < -0.3 is 15.4 Å². The van der Waals surface area contributed by atoms with E-state index in [0.29, 0.717) is 22.9 Å². The predicted molar refractivity (Wildman–Crippen MR) is 143 cm³/mol. The molecule has 2 heterocycles. The molecule has 1 aliphatic rings. The van der Waals surface area contributed by atoms with Crippen molar-refractivity contribution in [2.24, 2.45) is 0 Å². The minimum Gasteiger partial charge on any atom is -0.452 e. The number of esters is 1. The normalized spacial score (nSPS) is 12.7. The standard InChI is InChI=1S/C28H27N5O5/c1-32(24-25(29)33(28(37)31-26(24)35)15-17-9-3-2-4-10-17)22(34)16-38-27(36)23-18-11-5-7-13-20(18)30-21-14-8-6-12-19(21)23/h2-5,7,9-11,13H,6,8,12,14-16,29H2,1H3,(H,31,35,37). The summed E-state index contributed by atoms with van der Waals surface area (Å²) in [6.07, 6.45) is 3.43. The molecule has 0 saturated carbocycles. The molecule has 1 aliphatic carbocycles. The Morgan fingerprint density at radius 2 is 1.76 bits per heavy atom. The molecule has 0 unspecified atom stereocenters. The van der Waals surface area contributed by atoms with Gasteiger partial charge in [0, 0.05) is 18.1 Å². The second-order valence-corrected chi connectivity index (χ2v) is 9.23. The summed E-state index contributed by atoms with van der Waals surface area (Å²) in [7, 11) is 1.35. The van der Waals surface area contributed by atoms with Gasteiger partial charge in [-0.1, -0.05) is 48.5 Å². The number of aromatic nitrogens is 3. The Labute approximate surface area is 217 Å². The summed E-state index contributed by atoms with van der Waals surface area (Å²) in [4.78, 5) is 59.3. The first-order chi connectivity index (χ1) is 18.3. The number of H-pyrrole nitrogens is 1. The van der Waals surface area contributed by atoms with E-state index < -0.39 is 29.7 Å². The Morgan fingerprint density at radius 3 is 2.55 bits per heavy atom. The summed E-state index contributed by atoms with van der Waals surface area (Å²) in [5.41, 5.74) is 8.13. The van der Waals surface area contributed by atoms with Crippen LogP contribution in [-0.4, -0.2) is 40.1 Å². The number of nitrogens with two attached hydrogens (primary N) is 1. The number of likely N-dealkylation sites (N-methyl/N-ethyl adjacent to an activating group) is 1. The van der Waals surface area contributed by atoms with Crippen LogP contribution in [0.5, 0.6) is 0 Å². The van der Waals surface area contributed by atoms with Crippen molar-refractivity contribution in [1.82, 2.24) is 14.5 Å². The van der Waals surface area contributed by atoms with Gasteiger partial charge >= 0.3 is 11.7 Å². The molecule has 0 atom stereocenters. The number of carbonyl (C=O) groups is 2. The van der Waals surface area contributed by atoms with E-state index in [-0.39, 0.29) is 18.1 Å². The highest BCUT2D eigenvalue weighted by Crippen LogP contribution is 2.30. The zero-order chi connectivity index (χ0) is 26.8. The number of amides is 1. The van der Waals surface area contributed by atoms with Gasteiger partial charge in [-0.05, 0) is 42.9 Å². The van der Waals surface area contributed by atoms with E-state index in [1.807, 2.05) is 54.6 Å². The molecule has 0 spiro atoms. The lowest BCUT2D eigenvalue weighted by atomic mass is 9.90. The van der Waals surface area contributed by atoms with Crippen LogP contribution in [0.3, 0.4) is 0 Å². The molecule has 5 rings (SSSR count). The molecule has 194 valence electrons. The third-order valence-electron chi connectivity index (χ3n) is 6.81. The Morgan fingerprint density at radius 1 is 1.05 bits per heavy atom. The van der Waals surface area contributed by atoms with Crippen molar-refractivity contribution in [1.29, 1.82) is 0 Å². The summed E-state index contributed by atoms with van der Waals surface area (Å²) in [5.74, 6) is -1.47. The highest BCUT2D eigenvalue weighted by molar-refractivity contribution is 6.06. The van der Waals surface area contributed by atoms with Gasteiger partial charge in [0.15, 0.2) is 12.3 Å². The SMILES string of the molecule is CN(C(=O)COC(=O)c1c2c(nc3ccccc13)CCCC2)c1c(N)n(Cc2ccccc2)c(=O)[nH]c1=O. The molecule has 10 nitrogen and oxygen atoms in total. The second-order valence-electron chi connectivity index (χ2n) is 9.23. The van der Waals surface area contributed by atoms with E-state index in [1.165, 1.54) is 11.6 Å². The van der Waals surface area contributed by atoms with Crippen LogP contribution in [0.1, 0.15) is 40.0 Å². The highest BCUT2D eigenvalue weighted by atomic mass is 16.5. The summed E-state index contributed by atoms with van der Waals surface area (Å²) in [6.45, 7) is -0.510. The molecule has 0 saturated heterocycles. The van der Waals surface area contributed by atoms with Crippen LogP contribution in [0.4, 0.5) is 11.5 Å². The smallest absolute Gasteiger partial charge is 0.339 e. The van der Waals surface area contributed by atoms with Gasteiger partial charge in [0.05, 0.1) is 17.6 Å². The first-order valence-electron chi connectivity index (χ1n) is 12.4. The van der Waals surface area contributed by atoms with E-state index in [9.17, 15) is 19.2 Å². The molecular weight excluding hydrogens is 486 g/mol. The number of anilines is 2. The zero-order valence-corrected chi connectivity index (χ0v) is 20.9. The van der Waals surface area contributed by atoms with Crippen LogP contribution in [0.2, 0.25) is 0 Å². The van der Waals surface area contributed by atoms with Gasteiger partial charge in [-0.25, -0.2) is 9.59 Å². The van der Waals surface area contributed by atoms with Crippen molar-refractivity contribution < 1.29 is 14.3 Å². The maximum absolute atomic E-state index is 13.3. The first-order valence-corrected chi connectivity index (χ1v) is 12.4. The number of aryl methyl sites for hydroxylation is 1. The predicted octanol–water partition coefficient (Wildman–Crippen LogP) is 2.41. The number of carbonyl (C=O) groups excluding carboxylic acids is 2. The minimum absolute atomic E-state index is 0.104. The minimum atomic E-state index is -0.812. The number of rotatable bonds is 6. The van der Waals surface area contributed by atoms with Crippen molar-refractivity contribution in [3.63, 3.8) is 0 Å². The Kier molecular flexibility index (Phi) is 6.78. The van der Waals surface area contributed by atoms with Crippen molar-refractivity contribution in [3.05, 3.63) is 97.8 Å². The molecule has 10 heteroatoms. The monoisotopic (exact) mass is 513 g/mol. The van der Waals surface area contributed by atoms with Gasteiger partial charge in [0.1, 0.15) is 5.82 Å². The van der Waals surface area contributed by atoms with Gasteiger partial charge in [0.2, 0.25) is 0 Å². The molecule has 2 aromatic carbocycles. The third-order valence-corrected chi connectivity index (χ3v) is 6.81. The molecule has 4 aromatic rings. The lowest BCUT2D eigenvalue weighted by Gasteiger charge is -2.21. The summed E-state index contributed by atoms with van der Waals surface area (Å²) >= 11 is 0. The molecule has 0 aliphatic heterocycles. The lowest BCUT2D eigenvalue weighted by molar-refractivity contribution is -0.121. The van der Waals surface area contributed by atoms with E-state index in [1.54, 1.807) is 0 Å². The van der Waals surface area contributed by atoms with Crippen LogP contribution in [0, 0.1) is 0 Å². The number of para-hydroxylation sites is 1. The molecule has 2 aromatic heterocycles. The third kappa shape index (κ3) is 4.68. The molecule has 3 N–H and O–H groups in total. The molecule has 0 radical (unpaired) electrons. The van der Waals surface area contributed by atoms with E-state index in [0.717, 1.165) is 41.0 Å². The fourth-order valence-corrected chi connectivity index (χ4v) is 4.85. The van der Waals surface area contributed by atoms with Crippen LogP contribution in [-0.2, 0) is 28.9 Å². The van der Waals surface area contributed by atoms with Crippen molar-refractivity contribution in [3.8, 4) is 0 Å². The number of pyridine rings is 1. The van der Waals surface area contributed by atoms with E-state index in [4.69, 9.17) is 15.5 Å². The number of fused-ring (bicyclic) bond motifs is 2. The van der Waals surface area contributed by atoms with Gasteiger partial charge in [0.25, 0.3) is 11.5 Å². The van der Waals surface area contributed by atoms with Crippen LogP contribution in [0.15, 0.2) is 64.2 Å². The van der Waals surface area contributed by atoms with E-state index in [2.05, 4.69) is 4.98 Å². The Bertz CT molecular complexity index is 1660. The van der Waals surface area contributed by atoms with Gasteiger partial charge in [-0.2, -0.15) is 0 Å². The van der Waals surface area contributed by atoms with Crippen LogP contribution >= 0.6 is 0 Å². The first kappa shape index (κ1) is 24.9. The lowest BCUT2D eigenvalue weighted by Crippen LogP contribution is -2.40. The van der Waals surface area contributed by atoms with E-state index >= 15 is 0 Å². The molecular formula is C28H27N5O5. The average Bonchev–Trinajstić information content (AvgIpc) is 2.92. The fraction of sp³-hybridized carbons (Fsp3) is 0.250.